The summed E-state index contributed by atoms with van der Waals surface area (Å²) in [5.41, 5.74) is 2.87. The first-order valence-electron chi connectivity index (χ1n) is 6.93. The number of aryl methyl sites for hydroxylation is 1. The molecule has 1 aliphatic rings. The van der Waals surface area contributed by atoms with Crippen LogP contribution in [0.25, 0.3) is 0 Å². The fourth-order valence-corrected chi connectivity index (χ4v) is 3.65. The molecule has 0 saturated heterocycles. The van der Waals surface area contributed by atoms with E-state index in [1.807, 2.05) is 29.6 Å². The third-order valence-corrected chi connectivity index (χ3v) is 4.61. The Labute approximate surface area is 123 Å². The van der Waals surface area contributed by atoms with Crippen LogP contribution in [0.3, 0.4) is 0 Å². The summed E-state index contributed by atoms with van der Waals surface area (Å²) in [5, 5.41) is 1.99. The third kappa shape index (κ3) is 2.27. The van der Waals surface area contributed by atoms with Crippen LogP contribution in [0.4, 0.5) is 0 Å². The Hall–Kier alpha value is -1.61. The molecule has 0 radical (unpaired) electrons. The standard InChI is InChI=1S/C17H18O2S/c1-4-11-7-8-20-16(11)15(18)12-5-6-14-13(9-12)10-17(2,3)19-14/h5-9H,4,10H2,1-3H3. The molecule has 0 fully saturated rings. The number of thiophene rings is 1. The highest BCUT2D eigenvalue weighted by atomic mass is 32.1. The predicted molar refractivity (Wildman–Crippen MR) is 82.0 cm³/mol. The number of carbonyl (C=O) groups excluding carboxylic acids is 1. The molecule has 104 valence electrons. The molecule has 1 aliphatic heterocycles. The normalized spacial score (nSPS) is 15.8. The highest BCUT2D eigenvalue weighted by Gasteiger charge is 2.30. The molecule has 0 N–H and O–H groups in total. The van der Waals surface area contributed by atoms with Crippen molar-refractivity contribution < 1.29 is 9.53 Å². The molecule has 1 aromatic heterocycles. The maximum absolute atomic E-state index is 12.6. The van der Waals surface area contributed by atoms with Crippen LogP contribution in [0.5, 0.6) is 5.75 Å². The number of rotatable bonds is 3. The van der Waals surface area contributed by atoms with Crippen LogP contribution >= 0.6 is 11.3 Å². The minimum atomic E-state index is -0.165. The molecule has 0 spiro atoms. The van der Waals surface area contributed by atoms with Gasteiger partial charge in [0.15, 0.2) is 0 Å². The zero-order valence-electron chi connectivity index (χ0n) is 12.0. The van der Waals surface area contributed by atoms with E-state index in [-0.39, 0.29) is 11.4 Å². The van der Waals surface area contributed by atoms with Crippen LogP contribution in [0.15, 0.2) is 29.6 Å². The van der Waals surface area contributed by atoms with Crippen LogP contribution in [-0.2, 0) is 12.8 Å². The molecular formula is C17H18O2S. The molecule has 3 rings (SSSR count). The van der Waals surface area contributed by atoms with Crippen molar-refractivity contribution in [1.29, 1.82) is 0 Å². The van der Waals surface area contributed by atoms with E-state index in [0.717, 1.165) is 40.2 Å². The van der Waals surface area contributed by atoms with Gasteiger partial charge in [-0.05, 0) is 61.0 Å². The fourth-order valence-electron chi connectivity index (χ4n) is 2.70. The third-order valence-electron chi connectivity index (χ3n) is 3.66. The van der Waals surface area contributed by atoms with Gasteiger partial charge in [-0.15, -0.1) is 11.3 Å². The monoisotopic (exact) mass is 286 g/mol. The van der Waals surface area contributed by atoms with E-state index in [9.17, 15) is 4.79 Å². The smallest absolute Gasteiger partial charge is 0.203 e. The van der Waals surface area contributed by atoms with Crippen molar-refractivity contribution in [3.63, 3.8) is 0 Å². The number of ketones is 1. The molecule has 20 heavy (non-hydrogen) atoms. The maximum Gasteiger partial charge on any atom is 0.203 e. The first-order chi connectivity index (χ1) is 9.50. The van der Waals surface area contributed by atoms with E-state index in [1.54, 1.807) is 0 Å². The van der Waals surface area contributed by atoms with Crippen molar-refractivity contribution in [1.82, 2.24) is 0 Å². The SMILES string of the molecule is CCc1ccsc1C(=O)c1ccc2c(c1)CC(C)(C)O2. The lowest BCUT2D eigenvalue weighted by molar-refractivity contribution is 0.104. The summed E-state index contributed by atoms with van der Waals surface area (Å²) in [6, 6.07) is 7.83. The van der Waals surface area contributed by atoms with Gasteiger partial charge >= 0.3 is 0 Å². The number of fused-ring (bicyclic) bond motifs is 1. The average Bonchev–Trinajstić information content (AvgIpc) is 2.98. The van der Waals surface area contributed by atoms with E-state index < -0.39 is 0 Å². The van der Waals surface area contributed by atoms with Crippen LogP contribution in [-0.4, -0.2) is 11.4 Å². The first kappa shape index (κ1) is 13.4. The molecule has 2 nitrogen and oxygen atoms in total. The second-order valence-corrected chi connectivity index (χ2v) is 6.73. The van der Waals surface area contributed by atoms with Crippen molar-refractivity contribution in [3.8, 4) is 5.75 Å². The van der Waals surface area contributed by atoms with E-state index in [1.165, 1.54) is 11.3 Å². The summed E-state index contributed by atoms with van der Waals surface area (Å²) in [5.74, 6) is 1.04. The van der Waals surface area contributed by atoms with Gasteiger partial charge in [-0.2, -0.15) is 0 Å². The van der Waals surface area contributed by atoms with Gasteiger partial charge in [0.25, 0.3) is 0 Å². The van der Waals surface area contributed by atoms with Crippen LogP contribution in [0, 0.1) is 0 Å². The molecule has 0 unspecified atom stereocenters. The Balaban J connectivity index is 1.95. The first-order valence-corrected chi connectivity index (χ1v) is 7.81. The highest BCUT2D eigenvalue weighted by Crippen LogP contribution is 2.35. The molecule has 0 aliphatic carbocycles. The summed E-state index contributed by atoms with van der Waals surface area (Å²) >= 11 is 1.53. The lowest BCUT2D eigenvalue weighted by atomic mass is 9.98. The molecule has 2 aromatic rings. The lowest BCUT2D eigenvalue weighted by Gasteiger charge is -2.16. The van der Waals surface area contributed by atoms with Gasteiger partial charge in [0.2, 0.25) is 5.78 Å². The van der Waals surface area contributed by atoms with E-state index in [2.05, 4.69) is 20.8 Å². The van der Waals surface area contributed by atoms with Gasteiger partial charge in [0.05, 0.1) is 4.88 Å². The number of hydrogen-bond donors (Lipinski definition) is 0. The molecule has 2 heterocycles. The number of benzene rings is 1. The number of hydrogen-bond acceptors (Lipinski definition) is 3. The minimum absolute atomic E-state index is 0.129. The predicted octanol–water partition coefficient (Wildman–Crippen LogP) is 4.26. The molecule has 0 amide bonds. The summed E-state index contributed by atoms with van der Waals surface area (Å²) < 4.78 is 5.86. The second kappa shape index (κ2) is 4.74. The molecule has 0 saturated carbocycles. The summed E-state index contributed by atoms with van der Waals surface area (Å²) in [6.07, 6.45) is 1.75. The highest BCUT2D eigenvalue weighted by molar-refractivity contribution is 7.12. The van der Waals surface area contributed by atoms with Crippen LogP contribution < -0.4 is 4.74 Å². The Morgan fingerprint density at radius 3 is 2.90 bits per heavy atom. The Morgan fingerprint density at radius 2 is 2.15 bits per heavy atom. The molecule has 3 heteroatoms. The van der Waals surface area contributed by atoms with E-state index >= 15 is 0 Å². The second-order valence-electron chi connectivity index (χ2n) is 5.82. The molecule has 1 aromatic carbocycles. The Kier molecular flexibility index (Phi) is 3.17. The van der Waals surface area contributed by atoms with Crippen molar-refractivity contribution in [2.75, 3.05) is 0 Å². The quantitative estimate of drug-likeness (QED) is 0.788. The zero-order chi connectivity index (χ0) is 14.3. The average molecular weight is 286 g/mol. The lowest BCUT2D eigenvalue weighted by Crippen LogP contribution is -2.24. The van der Waals surface area contributed by atoms with Crippen LogP contribution in [0.2, 0.25) is 0 Å². The molecule has 0 atom stereocenters. The van der Waals surface area contributed by atoms with Crippen LogP contribution in [0.1, 0.15) is 47.1 Å². The summed E-state index contributed by atoms with van der Waals surface area (Å²) in [6.45, 7) is 6.23. The molecule has 0 bridgehead atoms. The van der Waals surface area contributed by atoms with Gasteiger partial charge in [0, 0.05) is 12.0 Å². The minimum Gasteiger partial charge on any atom is -0.487 e. The van der Waals surface area contributed by atoms with Gasteiger partial charge < -0.3 is 4.74 Å². The Morgan fingerprint density at radius 1 is 1.35 bits per heavy atom. The van der Waals surface area contributed by atoms with Gasteiger partial charge in [-0.25, -0.2) is 0 Å². The number of carbonyl (C=O) groups is 1. The van der Waals surface area contributed by atoms with Crippen molar-refractivity contribution >= 4 is 17.1 Å². The maximum atomic E-state index is 12.6. The Bertz CT molecular complexity index is 667. The van der Waals surface area contributed by atoms with E-state index in [0.29, 0.717) is 0 Å². The topological polar surface area (TPSA) is 26.3 Å². The fraction of sp³-hybridized carbons (Fsp3) is 0.353. The van der Waals surface area contributed by atoms with Gasteiger partial charge in [-0.3, -0.25) is 4.79 Å². The van der Waals surface area contributed by atoms with Crippen molar-refractivity contribution in [2.24, 2.45) is 0 Å². The largest absolute Gasteiger partial charge is 0.487 e. The van der Waals surface area contributed by atoms with Crippen molar-refractivity contribution in [2.45, 2.75) is 39.2 Å². The zero-order valence-corrected chi connectivity index (χ0v) is 12.8. The van der Waals surface area contributed by atoms with Gasteiger partial charge in [-0.1, -0.05) is 6.92 Å². The summed E-state index contributed by atoms with van der Waals surface area (Å²) in [4.78, 5) is 13.5. The van der Waals surface area contributed by atoms with Gasteiger partial charge in [0.1, 0.15) is 11.4 Å². The van der Waals surface area contributed by atoms with E-state index in [4.69, 9.17) is 4.74 Å². The molecular weight excluding hydrogens is 268 g/mol. The van der Waals surface area contributed by atoms with Crippen molar-refractivity contribution in [3.05, 3.63) is 51.2 Å². The summed E-state index contributed by atoms with van der Waals surface area (Å²) in [7, 11) is 0. The number of ether oxygens (including phenoxy) is 1.